The van der Waals surface area contributed by atoms with Crippen LogP contribution in [0, 0.1) is 17.6 Å². The molecule has 3 aromatic heterocycles. The number of nitrogens with one attached hydrogen (secondary N) is 1. The van der Waals surface area contributed by atoms with Gasteiger partial charge < -0.3 is 20.4 Å². The fourth-order valence-corrected chi connectivity index (χ4v) is 4.51. The third kappa shape index (κ3) is 4.10. The molecule has 0 bridgehead atoms. The summed E-state index contributed by atoms with van der Waals surface area (Å²) < 4.78 is 34.1. The van der Waals surface area contributed by atoms with Crippen molar-refractivity contribution in [3.8, 4) is 11.1 Å². The second-order valence-corrected chi connectivity index (χ2v) is 8.64. The maximum atomic E-state index is 14.4. The summed E-state index contributed by atoms with van der Waals surface area (Å²) in [6.07, 6.45) is 5.43. The van der Waals surface area contributed by atoms with E-state index < -0.39 is 17.5 Å². The number of anilines is 2. The lowest BCUT2D eigenvalue weighted by Crippen LogP contribution is -2.46. The summed E-state index contributed by atoms with van der Waals surface area (Å²) in [6.45, 7) is 3.64. The van der Waals surface area contributed by atoms with E-state index in [-0.39, 0.29) is 28.4 Å². The summed E-state index contributed by atoms with van der Waals surface area (Å²) in [7, 11) is 0. The SMILES string of the molecule is CC1CC(N)CN(c2ccncc2NC(=O)c2ccc3occ(-c4c(F)cccc4F)c3n2)C1. The normalized spacial score (nSPS) is 18.3. The first-order chi connectivity index (χ1) is 16.4. The number of carbonyl (C=O) groups excluding carboxylic acids is 1. The fourth-order valence-electron chi connectivity index (χ4n) is 4.51. The van der Waals surface area contributed by atoms with E-state index >= 15 is 0 Å². The molecule has 2 unspecified atom stereocenters. The molecule has 174 valence electrons. The van der Waals surface area contributed by atoms with E-state index in [4.69, 9.17) is 10.2 Å². The lowest BCUT2D eigenvalue weighted by atomic mass is 9.96. The molecular formula is C25H23F2N5O2. The molecule has 34 heavy (non-hydrogen) atoms. The average molecular weight is 463 g/mol. The van der Waals surface area contributed by atoms with Gasteiger partial charge in [0.25, 0.3) is 5.91 Å². The topological polar surface area (TPSA) is 97.3 Å². The minimum absolute atomic E-state index is 0.0443. The maximum absolute atomic E-state index is 14.4. The Balaban J connectivity index is 1.47. The highest BCUT2D eigenvalue weighted by molar-refractivity contribution is 6.06. The third-order valence-electron chi connectivity index (χ3n) is 5.96. The highest BCUT2D eigenvalue weighted by Gasteiger charge is 2.25. The van der Waals surface area contributed by atoms with Crippen LogP contribution < -0.4 is 16.0 Å². The van der Waals surface area contributed by atoms with Crippen molar-refractivity contribution in [2.75, 3.05) is 23.3 Å². The molecule has 0 saturated carbocycles. The molecule has 2 atom stereocenters. The van der Waals surface area contributed by atoms with Gasteiger partial charge >= 0.3 is 0 Å². The lowest BCUT2D eigenvalue weighted by molar-refractivity contribution is 0.102. The molecule has 7 nitrogen and oxygen atoms in total. The summed E-state index contributed by atoms with van der Waals surface area (Å²) in [4.78, 5) is 23.8. The molecule has 5 rings (SSSR count). The standard InChI is InChI=1S/C25H23F2N5O2/c1-14-9-15(28)12-32(11-14)21-7-8-29-10-20(21)31-25(33)19-5-6-22-24(30-19)16(13-34-22)23-17(26)3-2-4-18(23)27/h2-8,10,13-15H,9,11-12,28H2,1H3,(H,31,33). The second-order valence-electron chi connectivity index (χ2n) is 8.64. The van der Waals surface area contributed by atoms with Crippen molar-refractivity contribution in [3.05, 3.63) is 72.4 Å². The molecule has 1 aromatic carbocycles. The number of nitrogens with two attached hydrogens (primary N) is 1. The Kier molecular flexibility index (Phi) is 5.70. The van der Waals surface area contributed by atoms with Gasteiger partial charge in [0.1, 0.15) is 29.1 Å². The van der Waals surface area contributed by atoms with Crippen molar-refractivity contribution in [1.29, 1.82) is 0 Å². The monoisotopic (exact) mass is 463 g/mol. The van der Waals surface area contributed by atoms with Crippen LogP contribution in [0.2, 0.25) is 0 Å². The Morgan fingerprint density at radius 2 is 1.97 bits per heavy atom. The zero-order chi connectivity index (χ0) is 23.8. The van der Waals surface area contributed by atoms with Gasteiger partial charge in [0.2, 0.25) is 0 Å². The van der Waals surface area contributed by atoms with E-state index in [9.17, 15) is 13.6 Å². The van der Waals surface area contributed by atoms with Gasteiger partial charge in [0.05, 0.1) is 28.7 Å². The fraction of sp³-hybridized carbons (Fsp3) is 0.240. The summed E-state index contributed by atoms with van der Waals surface area (Å²) in [6, 6.07) is 8.53. The van der Waals surface area contributed by atoms with Gasteiger partial charge in [-0.2, -0.15) is 0 Å². The molecule has 1 aliphatic rings. The van der Waals surface area contributed by atoms with Crippen LogP contribution in [0.3, 0.4) is 0 Å². The first-order valence-corrected chi connectivity index (χ1v) is 11.0. The van der Waals surface area contributed by atoms with Crippen molar-refractivity contribution in [2.24, 2.45) is 11.7 Å². The minimum atomic E-state index is -0.742. The zero-order valence-electron chi connectivity index (χ0n) is 18.5. The quantitative estimate of drug-likeness (QED) is 0.459. The van der Waals surface area contributed by atoms with E-state index in [1.165, 1.54) is 18.4 Å². The molecule has 4 heterocycles. The van der Waals surface area contributed by atoms with Crippen LogP contribution in [0.1, 0.15) is 23.8 Å². The van der Waals surface area contributed by atoms with Crippen LogP contribution >= 0.6 is 0 Å². The highest BCUT2D eigenvalue weighted by Crippen LogP contribution is 2.33. The first-order valence-electron chi connectivity index (χ1n) is 11.0. The second kappa shape index (κ2) is 8.83. The molecule has 1 amide bonds. The van der Waals surface area contributed by atoms with Crippen LogP contribution in [0.15, 0.2) is 59.5 Å². The molecule has 3 N–H and O–H groups in total. The number of rotatable bonds is 4. The molecule has 1 saturated heterocycles. The smallest absolute Gasteiger partial charge is 0.274 e. The van der Waals surface area contributed by atoms with Gasteiger partial charge in [0.15, 0.2) is 5.58 Å². The number of fused-ring (bicyclic) bond motifs is 1. The Morgan fingerprint density at radius 1 is 1.18 bits per heavy atom. The van der Waals surface area contributed by atoms with Crippen molar-refractivity contribution in [2.45, 2.75) is 19.4 Å². The minimum Gasteiger partial charge on any atom is -0.462 e. The number of pyridine rings is 2. The number of hydrogen-bond acceptors (Lipinski definition) is 6. The van der Waals surface area contributed by atoms with E-state index in [2.05, 4.69) is 27.1 Å². The maximum Gasteiger partial charge on any atom is 0.274 e. The predicted octanol–water partition coefficient (Wildman–Crippen LogP) is 4.59. The van der Waals surface area contributed by atoms with E-state index in [1.807, 2.05) is 6.07 Å². The molecule has 4 aromatic rings. The summed E-state index contributed by atoms with van der Waals surface area (Å²) in [5.74, 6) is -1.55. The number of furan rings is 1. The number of halogens is 2. The van der Waals surface area contributed by atoms with Gasteiger partial charge in [-0.1, -0.05) is 13.0 Å². The van der Waals surface area contributed by atoms with E-state index in [0.717, 1.165) is 30.8 Å². The molecule has 0 aliphatic carbocycles. The number of piperidine rings is 1. The Morgan fingerprint density at radius 3 is 2.74 bits per heavy atom. The number of hydrogen-bond donors (Lipinski definition) is 2. The Hall–Kier alpha value is -3.85. The van der Waals surface area contributed by atoms with Crippen molar-refractivity contribution < 1.29 is 18.0 Å². The lowest BCUT2D eigenvalue weighted by Gasteiger charge is -2.37. The van der Waals surface area contributed by atoms with Crippen LogP contribution in [0.4, 0.5) is 20.2 Å². The zero-order valence-corrected chi connectivity index (χ0v) is 18.5. The van der Waals surface area contributed by atoms with Gasteiger partial charge in [-0.05, 0) is 42.7 Å². The first kappa shape index (κ1) is 22.0. The van der Waals surface area contributed by atoms with Crippen molar-refractivity contribution in [3.63, 3.8) is 0 Å². The number of amides is 1. The third-order valence-corrected chi connectivity index (χ3v) is 5.96. The average Bonchev–Trinajstić information content (AvgIpc) is 3.21. The van der Waals surface area contributed by atoms with Gasteiger partial charge in [0, 0.05) is 25.3 Å². The summed E-state index contributed by atoms with van der Waals surface area (Å²) >= 11 is 0. The molecule has 1 aliphatic heterocycles. The van der Waals surface area contributed by atoms with Crippen LogP contribution in [0.25, 0.3) is 22.2 Å². The summed E-state index contributed by atoms with van der Waals surface area (Å²) in [5.41, 5.74) is 8.02. The molecule has 1 fully saturated rings. The number of carbonyl (C=O) groups is 1. The Labute approximate surface area is 194 Å². The predicted molar refractivity (Wildman–Crippen MR) is 126 cm³/mol. The molecular weight excluding hydrogens is 440 g/mol. The highest BCUT2D eigenvalue weighted by atomic mass is 19.1. The van der Waals surface area contributed by atoms with E-state index in [1.54, 1.807) is 18.5 Å². The Bertz CT molecular complexity index is 1340. The van der Waals surface area contributed by atoms with Gasteiger partial charge in [-0.25, -0.2) is 13.8 Å². The van der Waals surface area contributed by atoms with Gasteiger partial charge in [-0.15, -0.1) is 0 Å². The molecule has 0 radical (unpaired) electrons. The molecule has 0 spiro atoms. The van der Waals surface area contributed by atoms with Crippen molar-refractivity contribution >= 4 is 28.4 Å². The number of aromatic nitrogens is 2. The van der Waals surface area contributed by atoms with Gasteiger partial charge in [-0.3, -0.25) is 9.78 Å². The van der Waals surface area contributed by atoms with Crippen LogP contribution in [-0.4, -0.2) is 35.0 Å². The number of nitrogens with zero attached hydrogens (tertiary/aromatic N) is 3. The largest absolute Gasteiger partial charge is 0.462 e. The van der Waals surface area contributed by atoms with Crippen molar-refractivity contribution in [1.82, 2.24) is 9.97 Å². The molecule has 9 heteroatoms. The number of benzene rings is 1. The summed E-state index contributed by atoms with van der Waals surface area (Å²) in [5, 5.41) is 2.87. The van der Waals surface area contributed by atoms with Crippen LogP contribution in [-0.2, 0) is 0 Å². The van der Waals surface area contributed by atoms with E-state index in [0.29, 0.717) is 23.7 Å². The van der Waals surface area contributed by atoms with Crippen LogP contribution in [0.5, 0.6) is 0 Å².